The van der Waals surface area contributed by atoms with E-state index in [9.17, 15) is 4.79 Å². The third-order valence-corrected chi connectivity index (χ3v) is 3.46. The van der Waals surface area contributed by atoms with Gasteiger partial charge < -0.3 is 5.32 Å². The van der Waals surface area contributed by atoms with Crippen molar-refractivity contribution < 1.29 is 0 Å². The normalized spacial score (nSPS) is 10.4. The maximum atomic E-state index is 12.0. The van der Waals surface area contributed by atoms with Crippen molar-refractivity contribution in [3.05, 3.63) is 51.1 Å². The molecule has 0 aromatic carbocycles. The molecule has 0 saturated carbocycles. The number of halogens is 1. The smallest absolute Gasteiger partial charge is 0.283 e. The maximum absolute atomic E-state index is 12.0. The summed E-state index contributed by atoms with van der Waals surface area (Å²) < 4.78 is 1.80. The second kappa shape index (κ2) is 5.83. The van der Waals surface area contributed by atoms with Crippen LogP contribution >= 0.6 is 15.9 Å². The molecule has 19 heavy (non-hydrogen) atoms. The fourth-order valence-corrected chi connectivity index (χ4v) is 2.03. The Morgan fingerprint density at radius 2 is 2.37 bits per heavy atom. The largest absolute Gasteiger partial charge is 0.378 e. The van der Waals surface area contributed by atoms with E-state index in [2.05, 4.69) is 43.1 Å². The molecule has 2 rings (SSSR count). The first-order valence-corrected chi connectivity index (χ1v) is 6.52. The molecule has 6 nitrogen and oxygen atoms in total. The SMILES string of the molecule is C=CCn1ncc(NCc2cn[nH]c2C)c(Br)c1=O. The van der Waals surface area contributed by atoms with E-state index in [0.29, 0.717) is 23.2 Å². The number of hydrogen-bond donors (Lipinski definition) is 2. The number of hydrogen-bond acceptors (Lipinski definition) is 4. The van der Waals surface area contributed by atoms with E-state index >= 15 is 0 Å². The van der Waals surface area contributed by atoms with Crippen molar-refractivity contribution in [3.63, 3.8) is 0 Å². The summed E-state index contributed by atoms with van der Waals surface area (Å²) >= 11 is 3.29. The Labute approximate surface area is 118 Å². The van der Waals surface area contributed by atoms with E-state index in [1.54, 1.807) is 18.5 Å². The molecule has 0 atom stereocenters. The zero-order valence-corrected chi connectivity index (χ0v) is 12.1. The summed E-state index contributed by atoms with van der Waals surface area (Å²) in [4.78, 5) is 12.0. The van der Waals surface area contributed by atoms with Gasteiger partial charge in [0.1, 0.15) is 4.47 Å². The van der Waals surface area contributed by atoms with Crippen LogP contribution in [0.4, 0.5) is 5.69 Å². The fraction of sp³-hybridized carbons (Fsp3) is 0.250. The Kier molecular flexibility index (Phi) is 4.16. The van der Waals surface area contributed by atoms with Gasteiger partial charge in [0.2, 0.25) is 0 Å². The molecule has 0 aliphatic carbocycles. The number of aryl methyl sites for hydroxylation is 1. The number of nitrogens with zero attached hydrogens (tertiary/aromatic N) is 3. The van der Waals surface area contributed by atoms with Crippen LogP contribution in [-0.2, 0) is 13.1 Å². The second-order valence-corrected chi connectivity index (χ2v) is 4.81. The van der Waals surface area contributed by atoms with Gasteiger partial charge in [-0.15, -0.1) is 6.58 Å². The van der Waals surface area contributed by atoms with Crippen LogP contribution in [0.15, 0.2) is 34.3 Å². The molecule has 0 spiro atoms. The molecule has 0 unspecified atom stereocenters. The topological polar surface area (TPSA) is 75.6 Å². The Morgan fingerprint density at radius 3 is 3.00 bits per heavy atom. The van der Waals surface area contributed by atoms with E-state index < -0.39 is 0 Å². The second-order valence-electron chi connectivity index (χ2n) is 4.02. The molecule has 0 aliphatic heterocycles. The van der Waals surface area contributed by atoms with Crippen molar-refractivity contribution in [2.75, 3.05) is 5.32 Å². The predicted octanol–water partition coefficient (Wildman–Crippen LogP) is 1.84. The number of anilines is 1. The zero-order chi connectivity index (χ0) is 13.8. The lowest BCUT2D eigenvalue weighted by Crippen LogP contribution is -2.23. The Balaban J connectivity index is 2.18. The van der Waals surface area contributed by atoms with Gasteiger partial charge in [-0.25, -0.2) is 4.68 Å². The quantitative estimate of drug-likeness (QED) is 0.823. The predicted molar refractivity (Wildman–Crippen MR) is 77.0 cm³/mol. The fourth-order valence-electron chi connectivity index (χ4n) is 1.58. The molecule has 0 aliphatic rings. The van der Waals surface area contributed by atoms with E-state index in [-0.39, 0.29) is 5.56 Å². The first-order valence-electron chi connectivity index (χ1n) is 5.72. The minimum atomic E-state index is -0.186. The maximum Gasteiger partial charge on any atom is 0.283 e. The number of rotatable bonds is 5. The van der Waals surface area contributed by atoms with Crippen LogP contribution in [0.3, 0.4) is 0 Å². The van der Waals surface area contributed by atoms with Gasteiger partial charge in [-0.2, -0.15) is 10.2 Å². The number of nitrogens with one attached hydrogen (secondary N) is 2. The molecule has 0 radical (unpaired) electrons. The van der Waals surface area contributed by atoms with E-state index in [0.717, 1.165) is 11.3 Å². The van der Waals surface area contributed by atoms with Gasteiger partial charge in [-0.1, -0.05) is 6.08 Å². The highest BCUT2D eigenvalue weighted by molar-refractivity contribution is 9.10. The van der Waals surface area contributed by atoms with Gasteiger partial charge in [0.15, 0.2) is 0 Å². The summed E-state index contributed by atoms with van der Waals surface area (Å²) in [7, 11) is 0. The van der Waals surface area contributed by atoms with Crippen molar-refractivity contribution in [2.24, 2.45) is 0 Å². The highest BCUT2D eigenvalue weighted by Crippen LogP contribution is 2.17. The van der Waals surface area contributed by atoms with Crippen molar-refractivity contribution in [1.29, 1.82) is 0 Å². The monoisotopic (exact) mass is 323 g/mol. The number of H-pyrrole nitrogens is 1. The number of aromatic amines is 1. The van der Waals surface area contributed by atoms with Crippen LogP contribution in [0.2, 0.25) is 0 Å². The van der Waals surface area contributed by atoms with Crippen LogP contribution in [0, 0.1) is 6.92 Å². The highest BCUT2D eigenvalue weighted by Gasteiger charge is 2.08. The van der Waals surface area contributed by atoms with E-state index in [1.165, 1.54) is 4.68 Å². The molecule has 7 heteroatoms. The van der Waals surface area contributed by atoms with Gasteiger partial charge in [0, 0.05) is 17.8 Å². The Bertz CT molecular complexity index is 646. The van der Waals surface area contributed by atoms with Gasteiger partial charge in [-0.05, 0) is 22.9 Å². The average Bonchev–Trinajstić information content (AvgIpc) is 2.80. The Morgan fingerprint density at radius 1 is 1.58 bits per heavy atom. The molecule has 2 aromatic heterocycles. The highest BCUT2D eigenvalue weighted by atomic mass is 79.9. The molecule has 0 saturated heterocycles. The lowest BCUT2D eigenvalue weighted by atomic mass is 10.2. The summed E-state index contributed by atoms with van der Waals surface area (Å²) in [6.07, 6.45) is 5.00. The first-order chi connectivity index (χ1) is 9.13. The summed E-state index contributed by atoms with van der Waals surface area (Å²) in [6.45, 7) is 6.50. The summed E-state index contributed by atoms with van der Waals surface area (Å²) in [6, 6.07) is 0. The molecule has 2 heterocycles. The lowest BCUT2D eigenvalue weighted by Gasteiger charge is -2.09. The van der Waals surface area contributed by atoms with Crippen LogP contribution in [0.1, 0.15) is 11.3 Å². The van der Waals surface area contributed by atoms with Gasteiger partial charge >= 0.3 is 0 Å². The first kappa shape index (κ1) is 13.5. The Hall–Kier alpha value is -1.89. The molecule has 0 bridgehead atoms. The van der Waals surface area contributed by atoms with Crippen LogP contribution in [0.25, 0.3) is 0 Å². The summed E-state index contributed by atoms with van der Waals surface area (Å²) in [5, 5.41) is 14.0. The van der Waals surface area contributed by atoms with Crippen molar-refractivity contribution >= 4 is 21.6 Å². The number of allylic oxidation sites excluding steroid dienone is 1. The van der Waals surface area contributed by atoms with Gasteiger partial charge in [-0.3, -0.25) is 9.89 Å². The summed E-state index contributed by atoms with van der Waals surface area (Å²) in [5.41, 5.74) is 2.51. The third kappa shape index (κ3) is 2.93. The molecular formula is C12H14BrN5O. The van der Waals surface area contributed by atoms with Crippen LogP contribution in [0.5, 0.6) is 0 Å². The minimum Gasteiger partial charge on any atom is -0.378 e. The van der Waals surface area contributed by atoms with Crippen molar-refractivity contribution in [3.8, 4) is 0 Å². The molecule has 2 aromatic rings. The summed E-state index contributed by atoms with van der Waals surface area (Å²) in [5.74, 6) is 0. The van der Waals surface area contributed by atoms with Gasteiger partial charge in [0.25, 0.3) is 5.56 Å². The molecular weight excluding hydrogens is 310 g/mol. The van der Waals surface area contributed by atoms with Crippen LogP contribution < -0.4 is 10.9 Å². The molecule has 0 fully saturated rings. The third-order valence-electron chi connectivity index (χ3n) is 2.69. The molecule has 0 amide bonds. The van der Waals surface area contributed by atoms with E-state index in [1.807, 2.05) is 6.92 Å². The molecule has 100 valence electrons. The van der Waals surface area contributed by atoms with Crippen molar-refractivity contribution in [1.82, 2.24) is 20.0 Å². The molecule has 2 N–H and O–H groups in total. The van der Waals surface area contributed by atoms with E-state index in [4.69, 9.17) is 0 Å². The number of aromatic nitrogens is 4. The minimum absolute atomic E-state index is 0.186. The van der Waals surface area contributed by atoms with Crippen LogP contribution in [-0.4, -0.2) is 20.0 Å². The standard InChI is InChI=1S/C12H14BrN5O/c1-3-4-18-12(19)11(13)10(7-16-18)14-5-9-6-15-17-8(9)2/h3,6-7,14H,1,4-5H2,2H3,(H,15,17). The van der Waals surface area contributed by atoms with Crippen molar-refractivity contribution in [2.45, 2.75) is 20.0 Å². The zero-order valence-electron chi connectivity index (χ0n) is 10.5. The lowest BCUT2D eigenvalue weighted by molar-refractivity contribution is 0.649. The van der Waals surface area contributed by atoms with Gasteiger partial charge in [0.05, 0.1) is 24.6 Å². The average molecular weight is 324 g/mol.